The minimum atomic E-state index is -4.11. The Morgan fingerprint density at radius 2 is 1.67 bits per heavy atom. The molecule has 0 aromatic carbocycles. The van der Waals surface area contributed by atoms with E-state index in [1.165, 1.54) is 11.9 Å². The van der Waals surface area contributed by atoms with Gasteiger partial charge in [-0.05, 0) is 19.5 Å². The summed E-state index contributed by atoms with van der Waals surface area (Å²) >= 11 is 0. The molecule has 0 aliphatic rings. The molecular weight excluding hydrogens is 167 g/mol. The molecule has 0 saturated carbocycles. The van der Waals surface area contributed by atoms with Crippen LogP contribution < -0.4 is 0 Å². The van der Waals surface area contributed by atoms with Crippen LogP contribution in [0.1, 0.15) is 20.8 Å². The van der Waals surface area contributed by atoms with Crippen molar-refractivity contribution in [1.82, 2.24) is 4.90 Å². The smallest absolute Gasteiger partial charge is 0.295 e. The number of rotatable bonds is 3. The van der Waals surface area contributed by atoms with Crippen LogP contribution in [0.25, 0.3) is 0 Å². The Hall–Kier alpha value is -0.250. The Morgan fingerprint density at radius 3 is 1.75 bits per heavy atom. The van der Waals surface area contributed by atoms with Crippen molar-refractivity contribution >= 4 is 0 Å². The maximum atomic E-state index is 12.4. The molecule has 0 rings (SSSR count). The van der Waals surface area contributed by atoms with Gasteiger partial charge in [0.25, 0.3) is 0 Å². The molecule has 0 heterocycles. The summed E-state index contributed by atoms with van der Waals surface area (Å²) in [5.41, 5.74) is 0. The lowest BCUT2D eigenvalue weighted by Gasteiger charge is -2.31. The summed E-state index contributed by atoms with van der Waals surface area (Å²) in [6.45, 7) is 5.32. The molecule has 0 bridgehead atoms. The molecule has 1 atom stereocenters. The first-order chi connectivity index (χ1) is 5.30. The Labute approximate surface area is 71.6 Å². The SMILES string of the molecule is CCN(C)[C@@H](C(C)C)C(F)(F)F. The summed E-state index contributed by atoms with van der Waals surface area (Å²) < 4.78 is 37.1. The van der Waals surface area contributed by atoms with Gasteiger partial charge >= 0.3 is 6.18 Å². The van der Waals surface area contributed by atoms with Gasteiger partial charge in [-0.2, -0.15) is 13.2 Å². The van der Waals surface area contributed by atoms with E-state index in [0.717, 1.165) is 0 Å². The van der Waals surface area contributed by atoms with Crippen LogP contribution in [0.15, 0.2) is 0 Å². The van der Waals surface area contributed by atoms with Gasteiger partial charge < -0.3 is 0 Å². The molecule has 0 spiro atoms. The Bertz CT molecular complexity index is 131. The van der Waals surface area contributed by atoms with Crippen molar-refractivity contribution in [3.05, 3.63) is 0 Å². The molecule has 1 nitrogen and oxygen atoms in total. The van der Waals surface area contributed by atoms with Gasteiger partial charge in [0, 0.05) is 0 Å². The second kappa shape index (κ2) is 4.12. The third-order valence-electron chi connectivity index (χ3n) is 1.94. The third-order valence-corrected chi connectivity index (χ3v) is 1.94. The van der Waals surface area contributed by atoms with Gasteiger partial charge in [0.15, 0.2) is 0 Å². The molecule has 0 amide bonds. The van der Waals surface area contributed by atoms with Crippen molar-refractivity contribution < 1.29 is 13.2 Å². The topological polar surface area (TPSA) is 3.24 Å². The van der Waals surface area contributed by atoms with Crippen LogP contribution in [0.5, 0.6) is 0 Å². The molecule has 0 fully saturated rings. The lowest BCUT2D eigenvalue weighted by molar-refractivity contribution is -0.190. The zero-order chi connectivity index (χ0) is 9.94. The van der Waals surface area contributed by atoms with E-state index in [4.69, 9.17) is 0 Å². The van der Waals surface area contributed by atoms with Gasteiger partial charge in [-0.3, -0.25) is 4.90 Å². The third kappa shape index (κ3) is 3.01. The second-order valence-electron chi connectivity index (χ2n) is 3.30. The first-order valence-corrected chi connectivity index (χ1v) is 4.07. The normalized spacial score (nSPS) is 15.8. The van der Waals surface area contributed by atoms with Crippen molar-refractivity contribution in [3.63, 3.8) is 0 Å². The number of halogens is 3. The fourth-order valence-corrected chi connectivity index (χ4v) is 1.33. The first kappa shape index (κ1) is 11.8. The molecule has 74 valence electrons. The van der Waals surface area contributed by atoms with E-state index in [0.29, 0.717) is 6.54 Å². The van der Waals surface area contributed by atoms with E-state index < -0.39 is 18.1 Å². The first-order valence-electron chi connectivity index (χ1n) is 4.07. The van der Waals surface area contributed by atoms with E-state index in [-0.39, 0.29) is 0 Å². The number of nitrogens with zero attached hydrogens (tertiary/aromatic N) is 1. The van der Waals surface area contributed by atoms with Crippen molar-refractivity contribution in [3.8, 4) is 0 Å². The largest absolute Gasteiger partial charge is 0.404 e. The maximum absolute atomic E-state index is 12.4. The molecule has 0 N–H and O–H groups in total. The summed E-state index contributed by atoms with van der Waals surface area (Å²) in [6, 6.07) is -1.32. The van der Waals surface area contributed by atoms with Crippen LogP contribution >= 0.6 is 0 Å². The van der Waals surface area contributed by atoms with E-state index in [1.54, 1.807) is 20.8 Å². The lowest BCUT2D eigenvalue weighted by atomic mass is 10.0. The van der Waals surface area contributed by atoms with E-state index in [1.807, 2.05) is 0 Å². The van der Waals surface area contributed by atoms with Crippen LogP contribution in [0.4, 0.5) is 13.2 Å². The number of hydrogen-bond acceptors (Lipinski definition) is 1. The molecule has 0 aliphatic carbocycles. The second-order valence-corrected chi connectivity index (χ2v) is 3.30. The van der Waals surface area contributed by atoms with Gasteiger partial charge in [0.2, 0.25) is 0 Å². The summed E-state index contributed by atoms with van der Waals surface area (Å²) in [5, 5.41) is 0. The lowest BCUT2D eigenvalue weighted by Crippen LogP contribution is -2.46. The van der Waals surface area contributed by atoms with Crippen molar-refractivity contribution in [1.29, 1.82) is 0 Å². The highest BCUT2D eigenvalue weighted by molar-refractivity contribution is 4.78. The van der Waals surface area contributed by atoms with Crippen molar-refractivity contribution in [2.24, 2.45) is 5.92 Å². The van der Waals surface area contributed by atoms with Crippen LogP contribution in [0.3, 0.4) is 0 Å². The molecule has 0 aromatic rings. The molecule has 0 aromatic heterocycles. The highest BCUT2D eigenvalue weighted by atomic mass is 19.4. The molecule has 12 heavy (non-hydrogen) atoms. The molecular formula is C8H16F3N. The predicted octanol–water partition coefficient (Wildman–Crippen LogP) is 2.53. The predicted molar refractivity (Wildman–Crippen MR) is 43.0 cm³/mol. The Kier molecular flexibility index (Phi) is 4.03. The number of hydrogen-bond donors (Lipinski definition) is 0. The van der Waals surface area contributed by atoms with Gasteiger partial charge in [-0.15, -0.1) is 0 Å². The highest BCUT2D eigenvalue weighted by Gasteiger charge is 2.43. The molecule has 4 heteroatoms. The molecule has 0 unspecified atom stereocenters. The average molecular weight is 183 g/mol. The Balaban J connectivity index is 4.44. The monoisotopic (exact) mass is 183 g/mol. The summed E-state index contributed by atoms with van der Waals surface area (Å²) in [4.78, 5) is 1.32. The standard InChI is InChI=1S/C8H16F3N/c1-5-12(4)7(6(2)3)8(9,10)11/h6-7H,5H2,1-4H3/t7-/m0/s1. The molecule has 0 radical (unpaired) electrons. The van der Waals surface area contributed by atoms with Crippen molar-refractivity contribution in [2.45, 2.75) is 33.0 Å². The van der Waals surface area contributed by atoms with Gasteiger partial charge in [0.1, 0.15) is 6.04 Å². The van der Waals surface area contributed by atoms with Crippen LogP contribution in [-0.2, 0) is 0 Å². The van der Waals surface area contributed by atoms with Crippen LogP contribution in [0.2, 0.25) is 0 Å². The van der Waals surface area contributed by atoms with E-state index >= 15 is 0 Å². The van der Waals surface area contributed by atoms with E-state index in [2.05, 4.69) is 0 Å². The van der Waals surface area contributed by atoms with Gasteiger partial charge in [-0.1, -0.05) is 20.8 Å². The minimum absolute atomic E-state index is 0.394. The van der Waals surface area contributed by atoms with Gasteiger partial charge in [0.05, 0.1) is 0 Å². The molecule has 0 aliphatic heterocycles. The van der Waals surface area contributed by atoms with Gasteiger partial charge in [-0.25, -0.2) is 0 Å². The summed E-state index contributed by atoms with van der Waals surface area (Å²) in [7, 11) is 1.50. The average Bonchev–Trinajstić information content (AvgIpc) is 1.83. The zero-order valence-corrected chi connectivity index (χ0v) is 7.94. The number of alkyl halides is 3. The minimum Gasteiger partial charge on any atom is -0.295 e. The van der Waals surface area contributed by atoms with Crippen molar-refractivity contribution in [2.75, 3.05) is 13.6 Å². The summed E-state index contributed by atoms with van der Waals surface area (Å²) in [6.07, 6.45) is -4.11. The fraction of sp³-hybridized carbons (Fsp3) is 1.00. The highest BCUT2D eigenvalue weighted by Crippen LogP contribution is 2.28. The zero-order valence-electron chi connectivity index (χ0n) is 7.94. The van der Waals surface area contributed by atoms with Crippen LogP contribution in [-0.4, -0.2) is 30.7 Å². The summed E-state index contributed by atoms with van der Waals surface area (Å²) in [5.74, 6) is -0.394. The maximum Gasteiger partial charge on any atom is 0.404 e. The molecule has 0 saturated heterocycles. The Morgan fingerprint density at radius 1 is 1.25 bits per heavy atom. The van der Waals surface area contributed by atoms with Crippen LogP contribution in [0, 0.1) is 5.92 Å². The fourth-order valence-electron chi connectivity index (χ4n) is 1.33. The van der Waals surface area contributed by atoms with E-state index in [9.17, 15) is 13.2 Å². The quantitative estimate of drug-likeness (QED) is 0.649.